The lowest BCUT2D eigenvalue weighted by Gasteiger charge is -2.58. The fourth-order valence-electron chi connectivity index (χ4n) is 5.27. The summed E-state index contributed by atoms with van der Waals surface area (Å²) in [4.78, 5) is 14.8. The molecule has 8 heteroatoms. The van der Waals surface area contributed by atoms with Crippen molar-refractivity contribution in [3.8, 4) is 17.6 Å². The lowest BCUT2D eigenvalue weighted by molar-refractivity contribution is -0.158. The molecule has 2 fully saturated rings. The molecule has 1 N–H and O–H groups in total. The molecule has 2 heterocycles. The maximum Gasteiger partial charge on any atom is 0.243 e. The highest BCUT2D eigenvalue weighted by Crippen LogP contribution is 2.43. The molecular formula is C29H28N2O5S. The van der Waals surface area contributed by atoms with E-state index in [9.17, 15) is 18.3 Å². The van der Waals surface area contributed by atoms with Gasteiger partial charge in [0, 0.05) is 23.6 Å². The number of piperazine rings is 1. The minimum Gasteiger partial charge on any atom is -0.497 e. The predicted octanol–water partition coefficient (Wildman–Crippen LogP) is 2.76. The molecule has 0 radical (unpaired) electrons. The number of hydrogen-bond acceptors (Lipinski definition) is 5. The van der Waals surface area contributed by atoms with Crippen molar-refractivity contribution in [2.75, 3.05) is 26.8 Å². The summed E-state index contributed by atoms with van der Waals surface area (Å²) < 4.78 is 33.3. The number of carbonyl (C=O) groups is 1. The number of aliphatic hydroxyl groups excluding tert-OH is 1. The zero-order valence-corrected chi connectivity index (χ0v) is 21.5. The van der Waals surface area contributed by atoms with Gasteiger partial charge in [0.05, 0.1) is 37.2 Å². The van der Waals surface area contributed by atoms with Gasteiger partial charge >= 0.3 is 0 Å². The third kappa shape index (κ3) is 4.62. The van der Waals surface area contributed by atoms with Gasteiger partial charge in [0.15, 0.2) is 0 Å². The molecule has 0 unspecified atom stereocenters. The average molecular weight is 517 g/mol. The Kier molecular flexibility index (Phi) is 6.78. The number of ether oxygens (including phenoxy) is 1. The maximum absolute atomic E-state index is 13.4. The van der Waals surface area contributed by atoms with Crippen molar-refractivity contribution >= 4 is 15.9 Å². The fourth-order valence-corrected chi connectivity index (χ4v) is 6.90. The molecule has 3 aromatic rings. The summed E-state index contributed by atoms with van der Waals surface area (Å²) in [6.45, 7) is 1.52. The van der Waals surface area contributed by atoms with E-state index in [0.717, 1.165) is 22.4 Å². The van der Waals surface area contributed by atoms with E-state index in [0.29, 0.717) is 5.56 Å². The molecule has 0 aliphatic carbocycles. The third-order valence-corrected chi connectivity index (χ3v) is 9.12. The normalized spacial score (nSPS) is 21.4. The van der Waals surface area contributed by atoms with Crippen LogP contribution in [0.5, 0.6) is 5.75 Å². The molecule has 3 aromatic carbocycles. The van der Waals surface area contributed by atoms with Crippen LogP contribution in [-0.4, -0.2) is 67.5 Å². The molecule has 7 nitrogen and oxygen atoms in total. The summed E-state index contributed by atoms with van der Waals surface area (Å²) in [5.41, 5.74) is 3.25. The second-order valence-corrected chi connectivity index (χ2v) is 11.2. The second kappa shape index (κ2) is 10.0. The number of methoxy groups -OCH3 is 1. The van der Waals surface area contributed by atoms with Gasteiger partial charge < -0.3 is 14.7 Å². The Bertz CT molecular complexity index is 1490. The molecule has 37 heavy (non-hydrogen) atoms. The van der Waals surface area contributed by atoms with Gasteiger partial charge in [-0.25, -0.2) is 8.42 Å². The highest BCUT2D eigenvalue weighted by atomic mass is 32.2. The Labute approximate surface area is 217 Å². The Balaban J connectivity index is 1.38. The predicted molar refractivity (Wildman–Crippen MR) is 140 cm³/mol. The number of fused-ring (bicyclic) bond motifs is 1. The number of benzene rings is 3. The second-order valence-electron chi connectivity index (χ2n) is 9.31. The van der Waals surface area contributed by atoms with Gasteiger partial charge in [0.1, 0.15) is 5.75 Å². The SMILES string of the molecule is COc1cccc(C#Cc2ccc([C@@H]3[C@@H](CO)N4C(=O)CN(S(=O)(=O)c5ccccc5C)C[C@H]34)cc2)c1. The van der Waals surface area contributed by atoms with Crippen LogP contribution in [0.2, 0.25) is 0 Å². The van der Waals surface area contributed by atoms with E-state index in [2.05, 4.69) is 11.8 Å². The van der Waals surface area contributed by atoms with E-state index in [4.69, 9.17) is 4.74 Å². The van der Waals surface area contributed by atoms with Crippen molar-refractivity contribution in [1.82, 2.24) is 9.21 Å². The number of carbonyl (C=O) groups excluding carboxylic acids is 1. The first-order valence-electron chi connectivity index (χ1n) is 12.1. The van der Waals surface area contributed by atoms with Crippen LogP contribution in [0.25, 0.3) is 0 Å². The molecule has 0 saturated carbocycles. The molecule has 2 aliphatic rings. The Hall–Kier alpha value is -3.64. The summed E-state index contributed by atoms with van der Waals surface area (Å²) in [7, 11) is -2.21. The molecule has 5 rings (SSSR count). The smallest absolute Gasteiger partial charge is 0.243 e. The quantitative estimate of drug-likeness (QED) is 0.527. The van der Waals surface area contributed by atoms with E-state index in [1.54, 1.807) is 43.2 Å². The van der Waals surface area contributed by atoms with Crippen LogP contribution in [0.3, 0.4) is 0 Å². The monoisotopic (exact) mass is 516 g/mol. The largest absolute Gasteiger partial charge is 0.497 e. The molecule has 2 saturated heterocycles. The zero-order valence-electron chi connectivity index (χ0n) is 20.7. The van der Waals surface area contributed by atoms with Crippen LogP contribution in [0.15, 0.2) is 77.7 Å². The standard InChI is InChI=1S/C29H28N2O5S/c1-20-6-3-4-9-27(20)37(34,35)30-17-25-29(26(19-32)31(25)28(33)18-30)23-14-12-21(13-15-23)10-11-22-7-5-8-24(16-22)36-2/h3-9,12-16,25-26,29,32H,17-19H2,1-2H3/t25-,26-,29+/m1/s1. The molecule has 0 aromatic heterocycles. The molecule has 0 bridgehead atoms. The fraction of sp³-hybridized carbons (Fsp3) is 0.276. The minimum absolute atomic E-state index is 0.177. The maximum atomic E-state index is 13.4. The summed E-state index contributed by atoms with van der Waals surface area (Å²) in [6.07, 6.45) is 0. The van der Waals surface area contributed by atoms with Crippen molar-refractivity contribution in [2.45, 2.75) is 29.8 Å². The number of amides is 1. The summed E-state index contributed by atoms with van der Waals surface area (Å²) >= 11 is 0. The molecule has 2 aliphatic heterocycles. The molecule has 0 spiro atoms. The van der Waals surface area contributed by atoms with Crippen LogP contribution in [0, 0.1) is 18.8 Å². The van der Waals surface area contributed by atoms with E-state index in [1.165, 1.54) is 4.31 Å². The van der Waals surface area contributed by atoms with Gasteiger partial charge in [-0.2, -0.15) is 4.31 Å². The third-order valence-electron chi connectivity index (χ3n) is 7.15. The summed E-state index contributed by atoms with van der Waals surface area (Å²) in [5, 5.41) is 10.1. The minimum atomic E-state index is -3.83. The molecular weight excluding hydrogens is 488 g/mol. The van der Waals surface area contributed by atoms with Crippen molar-refractivity contribution in [1.29, 1.82) is 0 Å². The van der Waals surface area contributed by atoms with E-state index in [1.807, 2.05) is 48.5 Å². The first kappa shape index (κ1) is 25.0. The van der Waals surface area contributed by atoms with Crippen molar-refractivity contribution in [3.05, 3.63) is 95.1 Å². The average Bonchev–Trinajstić information content (AvgIpc) is 2.89. The van der Waals surface area contributed by atoms with Gasteiger partial charge in [-0.1, -0.05) is 48.2 Å². The Morgan fingerprint density at radius 1 is 1.00 bits per heavy atom. The number of sulfonamides is 1. The highest BCUT2D eigenvalue weighted by Gasteiger charge is 2.55. The van der Waals surface area contributed by atoms with E-state index >= 15 is 0 Å². The molecule has 190 valence electrons. The number of hydrogen-bond donors (Lipinski definition) is 1. The number of aliphatic hydroxyl groups is 1. The Morgan fingerprint density at radius 2 is 1.73 bits per heavy atom. The zero-order chi connectivity index (χ0) is 26.2. The summed E-state index contributed by atoms with van der Waals surface area (Å²) in [6, 6.07) is 21.3. The molecule has 3 atom stereocenters. The van der Waals surface area contributed by atoms with Crippen LogP contribution in [0.1, 0.15) is 28.2 Å². The lowest BCUT2D eigenvalue weighted by atomic mass is 9.74. The highest BCUT2D eigenvalue weighted by molar-refractivity contribution is 7.89. The van der Waals surface area contributed by atoms with Crippen LogP contribution < -0.4 is 4.74 Å². The number of aryl methyl sites for hydroxylation is 1. The van der Waals surface area contributed by atoms with Crippen molar-refractivity contribution in [3.63, 3.8) is 0 Å². The Morgan fingerprint density at radius 3 is 2.43 bits per heavy atom. The lowest BCUT2D eigenvalue weighted by Crippen LogP contribution is -2.73. The van der Waals surface area contributed by atoms with E-state index in [-0.39, 0.29) is 48.5 Å². The van der Waals surface area contributed by atoms with Gasteiger partial charge in [0.2, 0.25) is 15.9 Å². The summed E-state index contributed by atoms with van der Waals surface area (Å²) in [5.74, 6) is 6.55. The first-order valence-corrected chi connectivity index (χ1v) is 13.5. The van der Waals surface area contributed by atoms with Crippen molar-refractivity contribution in [2.24, 2.45) is 0 Å². The van der Waals surface area contributed by atoms with Gasteiger partial charge in [-0.3, -0.25) is 4.79 Å². The number of rotatable bonds is 5. The van der Waals surface area contributed by atoms with Crippen LogP contribution >= 0.6 is 0 Å². The topological polar surface area (TPSA) is 87.2 Å². The van der Waals surface area contributed by atoms with E-state index < -0.39 is 10.0 Å². The molecule has 1 amide bonds. The van der Waals surface area contributed by atoms with Crippen LogP contribution in [0.4, 0.5) is 0 Å². The van der Waals surface area contributed by atoms with Gasteiger partial charge in [0.25, 0.3) is 0 Å². The first-order chi connectivity index (χ1) is 17.8. The van der Waals surface area contributed by atoms with Crippen LogP contribution in [-0.2, 0) is 14.8 Å². The number of nitrogens with zero attached hydrogens (tertiary/aromatic N) is 2. The van der Waals surface area contributed by atoms with Gasteiger partial charge in [-0.15, -0.1) is 0 Å². The van der Waals surface area contributed by atoms with Gasteiger partial charge in [-0.05, 0) is 54.4 Å². The van der Waals surface area contributed by atoms with Crippen molar-refractivity contribution < 1.29 is 23.1 Å².